The van der Waals surface area contributed by atoms with Gasteiger partial charge in [0.2, 0.25) is 0 Å². The fourth-order valence-corrected chi connectivity index (χ4v) is 4.57. The molecule has 0 bridgehead atoms. The summed E-state index contributed by atoms with van der Waals surface area (Å²) < 4.78 is 46.3. The Morgan fingerprint density at radius 2 is 0.905 bits per heavy atom. The molecule has 2 aromatic rings. The lowest BCUT2D eigenvalue weighted by Gasteiger charge is -2.32. The van der Waals surface area contributed by atoms with Crippen molar-refractivity contribution in [1.82, 2.24) is 10.6 Å². The van der Waals surface area contributed by atoms with Gasteiger partial charge in [0, 0.05) is 11.1 Å². The molecule has 0 atom stereocenters. The topological polar surface area (TPSA) is 131 Å². The van der Waals surface area contributed by atoms with Gasteiger partial charge in [0.1, 0.15) is 13.5 Å². The lowest BCUT2D eigenvalue weighted by atomic mass is 9.79. The molecule has 2 heterocycles. The first-order valence-electron chi connectivity index (χ1n) is 13.8. The Morgan fingerprint density at radius 3 is 1.19 bits per heavy atom. The molecular weight excluding hydrogens is 561 g/mol. The van der Waals surface area contributed by atoms with Crippen molar-refractivity contribution in [3.63, 3.8) is 0 Å². The standard InChI is InChI=1S/C28H39B2N2O9P/c1-25(2)26(3,4)39-29(38-25)21-13-9-19(10-14-21)23(33)31-17-36-42(35)37-18-32-24(34)20-11-15-22(16-12-20)30-40-27(5,6)28(7,8)41-30/h9-16,42H,17-18H2,1-8H3,(H,31,33)(H,32,34). The third kappa shape index (κ3) is 7.17. The second kappa shape index (κ2) is 12.2. The Kier molecular flexibility index (Phi) is 9.45. The molecule has 2 aliphatic rings. The maximum atomic E-state index is 12.4. The van der Waals surface area contributed by atoms with Crippen LogP contribution in [0.2, 0.25) is 0 Å². The number of amides is 2. The third-order valence-corrected chi connectivity index (χ3v) is 9.00. The number of hydrogen-bond donors (Lipinski definition) is 2. The summed E-state index contributed by atoms with van der Waals surface area (Å²) >= 11 is 0. The second-order valence-electron chi connectivity index (χ2n) is 12.3. The summed E-state index contributed by atoms with van der Waals surface area (Å²) in [5, 5.41) is 5.04. The number of nitrogens with one attached hydrogen (secondary N) is 2. The van der Waals surface area contributed by atoms with Crippen LogP contribution < -0.4 is 21.6 Å². The van der Waals surface area contributed by atoms with Crippen LogP contribution in [-0.4, -0.2) is 61.9 Å². The molecule has 11 nitrogen and oxygen atoms in total. The maximum absolute atomic E-state index is 12.4. The van der Waals surface area contributed by atoms with E-state index >= 15 is 0 Å². The molecule has 226 valence electrons. The predicted octanol–water partition coefficient (Wildman–Crippen LogP) is 2.78. The van der Waals surface area contributed by atoms with Crippen molar-refractivity contribution in [3.8, 4) is 0 Å². The zero-order valence-electron chi connectivity index (χ0n) is 25.4. The molecule has 0 spiro atoms. The van der Waals surface area contributed by atoms with E-state index in [2.05, 4.69) is 10.6 Å². The highest BCUT2D eigenvalue weighted by Crippen LogP contribution is 2.37. The van der Waals surface area contributed by atoms with E-state index in [0.29, 0.717) is 11.1 Å². The number of carbonyl (C=O) groups is 2. The molecule has 0 aromatic heterocycles. The number of rotatable bonds is 10. The third-order valence-electron chi connectivity index (χ3n) is 8.24. The van der Waals surface area contributed by atoms with Crippen molar-refractivity contribution in [2.45, 2.75) is 77.8 Å². The van der Waals surface area contributed by atoms with Crippen molar-refractivity contribution >= 4 is 45.2 Å². The van der Waals surface area contributed by atoms with Crippen molar-refractivity contribution in [3.05, 3.63) is 59.7 Å². The second-order valence-corrected chi connectivity index (χ2v) is 13.3. The zero-order valence-corrected chi connectivity index (χ0v) is 26.4. The summed E-state index contributed by atoms with van der Waals surface area (Å²) in [7, 11) is -4.02. The Hall–Kier alpha value is -2.50. The van der Waals surface area contributed by atoms with E-state index in [1.54, 1.807) is 48.5 Å². The first-order valence-corrected chi connectivity index (χ1v) is 15.0. The van der Waals surface area contributed by atoms with Gasteiger partial charge in [0.05, 0.1) is 22.4 Å². The van der Waals surface area contributed by atoms with Gasteiger partial charge in [-0.15, -0.1) is 0 Å². The minimum atomic E-state index is -2.97. The van der Waals surface area contributed by atoms with Crippen LogP contribution in [0.1, 0.15) is 76.1 Å². The van der Waals surface area contributed by atoms with E-state index in [1.165, 1.54) is 0 Å². The van der Waals surface area contributed by atoms with Gasteiger partial charge in [-0.2, -0.15) is 0 Å². The lowest BCUT2D eigenvalue weighted by Crippen LogP contribution is -2.41. The summed E-state index contributed by atoms with van der Waals surface area (Å²) in [6, 6.07) is 13.6. The fraction of sp³-hybridized carbons (Fsp3) is 0.500. The highest BCUT2D eigenvalue weighted by atomic mass is 31.1. The van der Waals surface area contributed by atoms with Gasteiger partial charge in [-0.05, 0) is 90.6 Å². The van der Waals surface area contributed by atoms with Crippen molar-refractivity contribution < 1.29 is 41.8 Å². The summed E-state index contributed by atoms with van der Waals surface area (Å²) in [6.07, 6.45) is 0. The first-order chi connectivity index (χ1) is 19.5. The molecule has 2 fully saturated rings. The molecule has 42 heavy (non-hydrogen) atoms. The Morgan fingerprint density at radius 1 is 0.619 bits per heavy atom. The van der Waals surface area contributed by atoms with Crippen molar-refractivity contribution in [1.29, 1.82) is 0 Å². The van der Waals surface area contributed by atoms with Crippen LogP contribution in [0.15, 0.2) is 48.5 Å². The summed E-state index contributed by atoms with van der Waals surface area (Å²) in [5.41, 5.74) is 0.507. The van der Waals surface area contributed by atoms with Crippen LogP contribution in [0.25, 0.3) is 0 Å². The summed E-state index contributed by atoms with van der Waals surface area (Å²) in [6.45, 7) is 15.1. The average molecular weight is 600 g/mol. The highest BCUT2D eigenvalue weighted by Gasteiger charge is 2.52. The normalized spacial score (nSPS) is 20.1. The monoisotopic (exact) mass is 600 g/mol. The van der Waals surface area contributed by atoms with Gasteiger partial charge < -0.3 is 29.3 Å². The van der Waals surface area contributed by atoms with Gasteiger partial charge in [0.15, 0.2) is 0 Å². The SMILES string of the molecule is CC1(C)OB(c2ccc(C(=O)NCO[PH](=O)OCNC(=O)c3ccc(B4OC(C)(C)C(C)(C)O4)cc3)cc2)OC1(C)C. The van der Waals surface area contributed by atoms with Gasteiger partial charge in [-0.25, -0.2) is 0 Å². The van der Waals surface area contributed by atoms with Crippen LogP contribution in [0, 0.1) is 0 Å². The minimum absolute atomic E-state index is 0.329. The molecular formula is C28H39B2N2O9P. The van der Waals surface area contributed by atoms with Crippen LogP contribution in [0.3, 0.4) is 0 Å². The molecule has 2 amide bonds. The quantitative estimate of drug-likeness (QED) is 0.240. The van der Waals surface area contributed by atoms with E-state index in [4.69, 9.17) is 27.7 Å². The van der Waals surface area contributed by atoms with E-state index in [1.807, 2.05) is 55.4 Å². The summed E-state index contributed by atoms with van der Waals surface area (Å²) in [5.74, 6) is -0.829. The highest BCUT2D eigenvalue weighted by molar-refractivity contribution is 7.33. The number of carbonyl (C=O) groups excluding carboxylic acids is 2. The first kappa shape index (κ1) is 32.4. The van der Waals surface area contributed by atoms with Crippen LogP contribution in [0.5, 0.6) is 0 Å². The van der Waals surface area contributed by atoms with Crippen LogP contribution >= 0.6 is 8.25 Å². The Bertz CT molecular complexity index is 1190. The Balaban J connectivity index is 1.15. The van der Waals surface area contributed by atoms with Crippen molar-refractivity contribution in [2.75, 3.05) is 13.5 Å². The number of hydrogen-bond acceptors (Lipinski definition) is 9. The molecule has 0 unspecified atom stereocenters. The smallest absolute Gasteiger partial charge is 0.399 e. The van der Waals surface area contributed by atoms with Gasteiger partial charge in [-0.1, -0.05) is 24.3 Å². The van der Waals surface area contributed by atoms with Gasteiger partial charge >= 0.3 is 22.5 Å². The average Bonchev–Trinajstić information content (AvgIpc) is 3.28. The van der Waals surface area contributed by atoms with Gasteiger partial charge in [0.25, 0.3) is 11.8 Å². The lowest BCUT2D eigenvalue weighted by molar-refractivity contribution is 0.00578. The van der Waals surface area contributed by atoms with Crippen molar-refractivity contribution in [2.24, 2.45) is 0 Å². The van der Waals surface area contributed by atoms with Gasteiger partial charge in [-0.3, -0.25) is 23.2 Å². The fourth-order valence-electron chi connectivity index (χ4n) is 4.11. The van der Waals surface area contributed by atoms with E-state index in [9.17, 15) is 14.2 Å². The molecule has 2 aliphatic heterocycles. The summed E-state index contributed by atoms with van der Waals surface area (Å²) in [4.78, 5) is 24.9. The van der Waals surface area contributed by atoms with Crippen LogP contribution in [0.4, 0.5) is 0 Å². The predicted molar refractivity (Wildman–Crippen MR) is 160 cm³/mol. The molecule has 14 heteroatoms. The molecule has 0 aliphatic carbocycles. The molecule has 2 saturated heterocycles. The molecule has 0 saturated carbocycles. The molecule has 4 rings (SSSR count). The minimum Gasteiger partial charge on any atom is -0.399 e. The molecule has 2 N–H and O–H groups in total. The number of benzene rings is 2. The molecule has 2 aromatic carbocycles. The molecule has 0 radical (unpaired) electrons. The largest absolute Gasteiger partial charge is 0.494 e. The van der Waals surface area contributed by atoms with E-state index in [0.717, 1.165) is 10.9 Å². The zero-order chi connectivity index (χ0) is 30.9. The van der Waals surface area contributed by atoms with E-state index < -0.39 is 56.7 Å². The Labute approximate surface area is 248 Å². The maximum Gasteiger partial charge on any atom is 0.494 e. The van der Waals surface area contributed by atoms with Crippen LogP contribution in [-0.2, 0) is 32.2 Å². The van der Waals surface area contributed by atoms with E-state index in [-0.39, 0.29) is 13.5 Å².